The molecular weight excluding hydrogens is 152 g/mol. The van der Waals surface area contributed by atoms with Crippen LogP contribution in [0.2, 0.25) is 0 Å². The van der Waals surface area contributed by atoms with E-state index >= 15 is 0 Å². The van der Waals surface area contributed by atoms with Crippen LogP contribution < -0.4 is 0 Å². The van der Waals surface area contributed by atoms with E-state index < -0.39 is 5.60 Å². The highest BCUT2D eigenvalue weighted by atomic mass is 16.3. The zero-order chi connectivity index (χ0) is 9.35. The zero-order valence-corrected chi connectivity index (χ0v) is 8.08. The van der Waals surface area contributed by atoms with Gasteiger partial charge in [-0.1, -0.05) is 6.92 Å². The van der Waals surface area contributed by atoms with Gasteiger partial charge in [-0.2, -0.15) is 0 Å². The first-order valence-corrected chi connectivity index (χ1v) is 4.64. The number of carbonyl (C=O) groups is 1. The minimum atomic E-state index is -0.698. The Balaban J connectivity index is 2.73. The molecule has 2 heteroatoms. The van der Waals surface area contributed by atoms with E-state index in [4.69, 9.17) is 0 Å². The van der Waals surface area contributed by atoms with Crippen molar-refractivity contribution in [1.29, 1.82) is 0 Å². The summed E-state index contributed by atoms with van der Waals surface area (Å²) in [7, 11) is 0. The molecule has 1 N–H and O–H groups in total. The molecule has 0 aromatic rings. The van der Waals surface area contributed by atoms with Gasteiger partial charge in [-0.25, -0.2) is 0 Å². The van der Waals surface area contributed by atoms with E-state index in [2.05, 4.69) is 6.92 Å². The Morgan fingerprint density at radius 1 is 1.42 bits per heavy atom. The standard InChI is InChI=1S/C10H18O2/c1-7-4-5-9(8(7)6-11)10(2,3)12/h6-9,12H,4-5H2,1-3H3/t7-,8+,9+/m0/s1. The number of hydrogen-bond donors (Lipinski definition) is 1. The maximum absolute atomic E-state index is 10.8. The summed E-state index contributed by atoms with van der Waals surface area (Å²) in [6.45, 7) is 5.68. The monoisotopic (exact) mass is 170 g/mol. The summed E-state index contributed by atoms with van der Waals surface area (Å²) < 4.78 is 0. The van der Waals surface area contributed by atoms with Gasteiger partial charge in [0.25, 0.3) is 0 Å². The highest BCUT2D eigenvalue weighted by Crippen LogP contribution is 2.41. The Morgan fingerprint density at radius 2 is 2.00 bits per heavy atom. The van der Waals surface area contributed by atoms with Crippen LogP contribution in [-0.4, -0.2) is 17.0 Å². The molecule has 0 spiro atoms. The third kappa shape index (κ3) is 1.69. The lowest BCUT2D eigenvalue weighted by atomic mass is 9.81. The van der Waals surface area contributed by atoms with Crippen molar-refractivity contribution in [1.82, 2.24) is 0 Å². The Labute approximate surface area is 74.0 Å². The predicted molar refractivity (Wildman–Crippen MR) is 47.7 cm³/mol. The van der Waals surface area contributed by atoms with Crippen molar-refractivity contribution in [3.05, 3.63) is 0 Å². The van der Waals surface area contributed by atoms with Gasteiger partial charge in [-0.05, 0) is 38.5 Å². The van der Waals surface area contributed by atoms with Crippen LogP contribution in [0.25, 0.3) is 0 Å². The van der Waals surface area contributed by atoms with E-state index in [9.17, 15) is 9.90 Å². The van der Waals surface area contributed by atoms with Crippen LogP contribution >= 0.6 is 0 Å². The first kappa shape index (κ1) is 9.72. The van der Waals surface area contributed by atoms with Gasteiger partial charge in [-0.15, -0.1) is 0 Å². The molecule has 0 unspecified atom stereocenters. The number of rotatable bonds is 2. The van der Waals surface area contributed by atoms with Gasteiger partial charge < -0.3 is 9.90 Å². The molecular formula is C10H18O2. The van der Waals surface area contributed by atoms with Gasteiger partial charge in [0.15, 0.2) is 0 Å². The second-order valence-corrected chi connectivity index (χ2v) is 4.53. The van der Waals surface area contributed by atoms with Crippen molar-refractivity contribution in [2.75, 3.05) is 0 Å². The van der Waals surface area contributed by atoms with Crippen molar-refractivity contribution in [2.24, 2.45) is 17.8 Å². The molecule has 0 aliphatic heterocycles. The van der Waals surface area contributed by atoms with Crippen molar-refractivity contribution in [2.45, 2.75) is 39.2 Å². The predicted octanol–water partition coefficient (Wildman–Crippen LogP) is 1.62. The van der Waals surface area contributed by atoms with E-state index in [1.54, 1.807) is 13.8 Å². The van der Waals surface area contributed by atoms with Gasteiger partial charge >= 0.3 is 0 Å². The number of aldehydes is 1. The van der Waals surface area contributed by atoms with Gasteiger partial charge in [0.05, 0.1) is 5.60 Å². The third-order valence-electron chi connectivity index (χ3n) is 3.12. The second kappa shape index (κ2) is 3.17. The summed E-state index contributed by atoms with van der Waals surface area (Å²) in [5.41, 5.74) is -0.698. The topological polar surface area (TPSA) is 37.3 Å². The lowest BCUT2D eigenvalue weighted by Crippen LogP contribution is -2.35. The maximum atomic E-state index is 10.8. The average molecular weight is 170 g/mol. The van der Waals surface area contributed by atoms with Gasteiger partial charge in [0.1, 0.15) is 6.29 Å². The molecule has 0 aromatic heterocycles. The molecule has 0 radical (unpaired) electrons. The first-order valence-electron chi connectivity index (χ1n) is 4.64. The van der Waals surface area contributed by atoms with Crippen LogP contribution in [0.3, 0.4) is 0 Å². The SMILES string of the molecule is C[C@H]1CC[C@@H](C(C)(C)O)[C@@H]1C=O. The van der Waals surface area contributed by atoms with Crippen LogP contribution in [0.4, 0.5) is 0 Å². The summed E-state index contributed by atoms with van der Waals surface area (Å²) in [6.07, 6.45) is 3.06. The summed E-state index contributed by atoms with van der Waals surface area (Å²) in [5, 5.41) is 9.78. The summed E-state index contributed by atoms with van der Waals surface area (Å²) in [5.74, 6) is 0.661. The van der Waals surface area contributed by atoms with Gasteiger partial charge in [0, 0.05) is 5.92 Å². The number of carbonyl (C=O) groups excluding carboxylic acids is 1. The number of hydrogen-bond acceptors (Lipinski definition) is 2. The largest absolute Gasteiger partial charge is 0.390 e. The molecule has 0 heterocycles. The first-order chi connectivity index (χ1) is 5.46. The quantitative estimate of drug-likeness (QED) is 0.639. The normalized spacial score (nSPS) is 36.8. The molecule has 2 nitrogen and oxygen atoms in total. The highest BCUT2D eigenvalue weighted by molar-refractivity contribution is 5.55. The smallest absolute Gasteiger partial charge is 0.123 e. The summed E-state index contributed by atoms with van der Waals surface area (Å²) >= 11 is 0. The van der Waals surface area contributed by atoms with E-state index in [0.717, 1.165) is 19.1 Å². The fourth-order valence-corrected chi connectivity index (χ4v) is 2.28. The molecule has 3 atom stereocenters. The number of aliphatic hydroxyl groups is 1. The molecule has 0 amide bonds. The molecule has 0 aromatic carbocycles. The minimum absolute atomic E-state index is 0.0602. The van der Waals surface area contributed by atoms with Crippen molar-refractivity contribution in [3.8, 4) is 0 Å². The fraction of sp³-hybridized carbons (Fsp3) is 0.900. The van der Waals surface area contributed by atoms with E-state index in [-0.39, 0.29) is 11.8 Å². The maximum Gasteiger partial charge on any atom is 0.123 e. The van der Waals surface area contributed by atoms with Crippen LogP contribution in [0, 0.1) is 17.8 Å². The fourth-order valence-electron chi connectivity index (χ4n) is 2.28. The molecule has 1 aliphatic rings. The Kier molecular flexibility index (Phi) is 2.57. The van der Waals surface area contributed by atoms with Crippen LogP contribution in [-0.2, 0) is 4.79 Å². The molecule has 1 saturated carbocycles. The van der Waals surface area contributed by atoms with E-state index in [1.807, 2.05) is 0 Å². The third-order valence-corrected chi connectivity index (χ3v) is 3.12. The second-order valence-electron chi connectivity index (χ2n) is 4.53. The Morgan fingerprint density at radius 3 is 2.33 bits per heavy atom. The Hall–Kier alpha value is -0.370. The van der Waals surface area contributed by atoms with Gasteiger partial charge in [-0.3, -0.25) is 0 Å². The van der Waals surface area contributed by atoms with Crippen LogP contribution in [0.5, 0.6) is 0 Å². The average Bonchev–Trinajstić information content (AvgIpc) is 2.29. The van der Waals surface area contributed by atoms with Crippen molar-refractivity contribution >= 4 is 6.29 Å². The minimum Gasteiger partial charge on any atom is -0.390 e. The molecule has 0 bridgehead atoms. The molecule has 70 valence electrons. The molecule has 1 aliphatic carbocycles. The Bertz CT molecular complexity index is 169. The van der Waals surface area contributed by atoms with Crippen LogP contribution in [0.15, 0.2) is 0 Å². The molecule has 1 rings (SSSR count). The van der Waals surface area contributed by atoms with Gasteiger partial charge in [0.2, 0.25) is 0 Å². The van der Waals surface area contributed by atoms with Crippen molar-refractivity contribution < 1.29 is 9.90 Å². The molecule has 12 heavy (non-hydrogen) atoms. The lowest BCUT2D eigenvalue weighted by molar-refractivity contribution is -0.116. The van der Waals surface area contributed by atoms with E-state index in [0.29, 0.717) is 5.92 Å². The highest BCUT2D eigenvalue weighted by Gasteiger charge is 2.41. The summed E-state index contributed by atoms with van der Waals surface area (Å²) in [6, 6.07) is 0. The van der Waals surface area contributed by atoms with E-state index in [1.165, 1.54) is 0 Å². The molecule has 0 saturated heterocycles. The van der Waals surface area contributed by atoms with Crippen molar-refractivity contribution in [3.63, 3.8) is 0 Å². The lowest BCUT2D eigenvalue weighted by Gasteiger charge is -2.29. The summed E-state index contributed by atoms with van der Waals surface area (Å²) in [4.78, 5) is 10.8. The zero-order valence-electron chi connectivity index (χ0n) is 8.08. The van der Waals surface area contributed by atoms with Crippen LogP contribution in [0.1, 0.15) is 33.6 Å². The molecule has 1 fully saturated rings.